The van der Waals surface area contributed by atoms with Crippen LogP contribution in [-0.2, 0) is 25.6 Å². The molecule has 0 aromatic rings. The molecular weight excluding hydrogens is 327 g/mol. The van der Waals surface area contributed by atoms with Crippen LogP contribution in [0.15, 0.2) is 0 Å². The molecule has 0 aliphatic rings. The molecule has 3 N–H and O–H groups in total. The molecule has 0 radical (unpaired) electrons. The zero-order valence-electron chi connectivity index (χ0n) is 10.5. The van der Waals surface area contributed by atoms with E-state index in [-0.39, 0.29) is 0 Å². The average molecular weight is 342 g/mol. The molecule has 0 aliphatic carbocycles. The second-order valence-corrected chi connectivity index (χ2v) is 5.75. The molecule has 0 amide bonds. The van der Waals surface area contributed by atoms with E-state index >= 15 is 0 Å². The fourth-order valence-electron chi connectivity index (χ4n) is 0.597. The minimum atomic E-state index is -3.29. The van der Waals surface area contributed by atoms with Gasteiger partial charge in [-0.15, -0.1) is 0 Å². The van der Waals surface area contributed by atoms with Gasteiger partial charge in [0.2, 0.25) is 0 Å². The van der Waals surface area contributed by atoms with Gasteiger partial charge in [-0.1, -0.05) is 0 Å². The predicted molar refractivity (Wildman–Crippen MR) is 60.3 cm³/mol. The number of hydrogen-bond donors (Lipinski definition) is 3. The van der Waals surface area contributed by atoms with Gasteiger partial charge in [0.15, 0.2) is 0 Å². The summed E-state index contributed by atoms with van der Waals surface area (Å²) in [6.07, 6.45) is -3.87. The Morgan fingerprint density at radius 3 is 1.11 bits per heavy atom. The molecule has 0 heterocycles. The topological polar surface area (TPSA) is 140 Å². The normalized spacial score (nSPS) is 17.2. The summed E-state index contributed by atoms with van der Waals surface area (Å²) in [5, 5.41) is 26.0. The van der Waals surface area contributed by atoms with E-state index in [1.165, 1.54) is 20.8 Å². The van der Waals surface area contributed by atoms with Crippen LogP contribution in [0.25, 0.3) is 0 Å². The molecule has 0 aromatic carbocycles. The molecule has 19 heavy (non-hydrogen) atoms. The number of carbonyl (C=O) groups is 3. The number of hydrogen-bond acceptors (Lipinski definition) is 6. The SMILES string of the molecule is CC(O[As](OC(C)C(=O)O)OC(C)C(=O)O)C(=O)O. The van der Waals surface area contributed by atoms with Gasteiger partial charge in [0.05, 0.1) is 0 Å². The Balaban J connectivity index is 4.67. The molecule has 110 valence electrons. The third-order valence-electron chi connectivity index (χ3n) is 1.78. The van der Waals surface area contributed by atoms with Crippen molar-refractivity contribution in [3.63, 3.8) is 0 Å². The van der Waals surface area contributed by atoms with E-state index in [1.54, 1.807) is 0 Å². The first-order valence-electron chi connectivity index (χ1n) is 5.14. The molecule has 0 rings (SSSR count). The van der Waals surface area contributed by atoms with Gasteiger partial charge in [-0.25, -0.2) is 0 Å². The van der Waals surface area contributed by atoms with E-state index in [0.717, 1.165) is 0 Å². The molecule has 0 saturated heterocycles. The first kappa shape index (κ1) is 17.8. The van der Waals surface area contributed by atoms with Crippen LogP contribution in [0.2, 0.25) is 0 Å². The molecule has 0 bridgehead atoms. The van der Waals surface area contributed by atoms with Crippen molar-refractivity contribution in [2.24, 2.45) is 0 Å². The Labute approximate surface area is 114 Å². The van der Waals surface area contributed by atoms with Crippen LogP contribution in [0, 0.1) is 0 Å². The third kappa shape index (κ3) is 7.12. The number of carboxylic acid groups (broad SMARTS) is 3. The van der Waals surface area contributed by atoms with Crippen LogP contribution >= 0.6 is 0 Å². The van der Waals surface area contributed by atoms with E-state index in [0.29, 0.717) is 0 Å². The van der Waals surface area contributed by atoms with Gasteiger partial charge in [0.1, 0.15) is 0 Å². The van der Waals surface area contributed by atoms with Crippen molar-refractivity contribution in [2.45, 2.75) is 39.1 Å². The van der Waals surface area contributed by atoms with Crippen LogP contribution in [0.3, 0.4) is 0 Å². The van der Waals surface area contributed by atoms with Crippen LogP contribution in [0.4, 0.5) is 0 Å². The maximum absolute atomic E-state index is 10.6. The van der Waals surface area contributed by atoms with Gasteiger partial charge in [-0.2, -0.15) is 0 Å². The van der Waals surface area contributed by atoms with E-state index < -0.39 is 51.9 Å². The quantitative estimate of drug-likeness (QED) is 0.470. The maximum atomic E-state index is 10.6. The summed E-state index contributed by atoms with van der Waals surface area (Å²) in [4.78, 5) is 31.9. The van der Waals surface area contributed by atoms with Crippen molar-refractivity contribution in [2.75, 3.05) is 0 Å². The monoisotopic (exact) mass is 342 g/mol. The number of carboxylic acids is 3. The van der Waals surface area contributed by atoms with Gasteiger partial charge in [0, 0.05) is 0 Å². The summed E-state index contributed by atoms with van der Waals surface area (Å²) in [6.45, 7) is 3.61. The molecule has 0 spiro atoms. The van der Waals surface area contributed by atoms with Crippen LogP contribution in [0.1, 0.15) is 20.8 Å². The summed E-state index contributed by atoms with van der Waals surface area (Å²) >= 11 is -3.29. The minimum absolute atomic E-state index is 1.20. The molecule has 9 nitrogen and oxygen atoms in total. The van der Waals surface area contributed by atoms with Gasteiger partial charge in [-0.05, 0) is 0 Å². The molecule has 10 heteroatoms. The molecule has 0 fully saturated rings. The number of rotatable bonds is 9. The van der Waals surface area contributed by atoms with Crippen molar-refractivity contribution in [1.29, 1.82) is 0 Å². The van der Waals surface area contributed by atoms with E-state index in [4.69, 9.17) is 26.5 Å². The van der Waals surface area contributed by atoms with Gasteiger partial charge in [0.25, 0.3) is 0 Å². The van der Waals surface area contributed by atoms with E-state index in [1.807, 2.05) is 0 Å². The second-order valence-electron chi connectivity index (χ2n) is 3.48. The average Bonchev–Trinajstić information content (AvgIpc) is 2.27. The zero-order valence-corrected chi connectivity index (χ0v) is 12.3. The molecule has 3 unspecified atom stereocenters. The predicted octanol–water partition coefficient (Wildman–Crippen LogP) is -0.560. The Morgan fingerprint density at radius 2 is 0.947 bits per heavy atom. The fourth-order valence-corrected chi connectivity index (χ4v) is 3.10. The Kier molecular flexibility index (Phi) is 7.61. The van der Waals surface area contributed by atoms with Crippen molar-refractivity contribution in [3.05, 3.63) is 0 Å². The number of aliphatic carboxylic acids is 3. The van der Waals surface area contributed by atoms with Crippen molar-refractivity contribution >= 4 is 33.6 Å². The summed E-state index contributed by atoms with van der Waals surface area (Å²) < 4.78 is 14.8. The van der Waals surface area contributed by atoms with Crippen LogP contribution in [0.5, 0.6) is 0 Å². The summed E-state index contributed by atoms with van der Waals surface area (Å²) in [7, 11) is 0. The summed E-state index contributed by atoms with van der Waals surface area (Å²) in [6, 6.07) is 0. The van der Waals surface area contributed by atoms with E-state index in [9.17, 15) is 14.4 Å². The zero-order chi connectivity index (χ0) is 15.2. The second kappa shape index (κ2) is 8.11. The first-order chi connectivity index (χ1) is 8.65. The van der Waals surface area contributed by atoms with Crippen LogP contribution < -0.4 is 0 Å². The Morgan fingerprint density at radius 1 is 0.737 bits per heavy atom. The van der Waals surface area contributed by atoms with Gasteiger partial charge in [-0.3, -0.25) is 0 Å². The van der Waals surface area contributed by atoms with Crippen molar-refractivity contribution in [1.82, 2.24) is 0 Å². The molecule has 3 atom stereocenters. The molecular formula is C9H15AsO9. The molecule has 0 aromatic heterocycles. The summed E-state index contributed by atoms with van der Waals surface area (Å²) in [5.41, 5.74) is 0. The standard InChI is InChI=1S/C9H15AsO9/c1-4(7(11)12)17-10(18-5(2)8(13)14)19-6(3)9(15)16/h4-6H,1-3H3,(H,11,12)(H,13,14)(H,15,16). The van der Waals surface area contributed by atoms with Gasteiger partial charge >= 0.3 is 114 Å². The molecule has 0 aliphatic heterocycles. The Hall–Kier alpha value is -1.15. The summed E-state index contributed by atoms with van der Waals surface area (Å²) in [5.74, 6) is -3.88. The van der Waals surface area contributed by atoms with E-state index in [2.05, 4.69) is 0 Å². The first-order valence-corrected chi connectivity index (χ1v) is 7.43. The van der Waals surface area contributed by atoms with Crippen molar-refractivity contribution < 1.29 is 40.9 Å². The Bertz CT molecular complexity index is 292. The van der Waals surface area contributed by atoms with Gasteiger partial charge < -0.3 is 0 Å². The molecule has 0 saturated carbocycles. The fraction of sp³-hybridized carbons (Fsp3) is 0.667. The third-order valence-corrected chi connectivity index (χ3v) is 4.85. The van der Waals surface area contributed by atoms with Crippen LogP contribution in [-0.4, -0.2) is 67.2 Å². The van der Waals surface area contributed by atoms with Crippen molar-refractivity contribution in [3.8, 4) is 0 Å².